The third-order valence-corrected chi connectivity index (χ3v) is 11.6. The summed E-state index contributed by atoms with van der Waals surface area (Å²) in [5.74, 6) is -5.46. The zero-order valence-electron chi connectivity index (χ0n) is 37.5. The molecule has 10 atom stereocenters. The number of halogens is 1. The van der Waals surface area contributed by atoms with Gasteiger partial charge in [-0.15, -0.1) is 0 Å². The largest absolute Gasteiger partial charge is 0.460 e. The molecule has 0 fully saturated rings. The van der Waals surface area contributed by atoms with Gasteiger partial charge in [-0.1, -0.05) is 91.1 Å². The summed E-state index contributed by atoms with van der Waals surface area (Å²) >= 11 is 6.12. The van der Waals surface area contributed by atoms with Crippen LogP contribution in [0.2, 0.25) is 5.02 Å². The fourth-order valence-corrected chi connectivity index (χ4v) is 6.94. The smallest absolute Gasteiger partial charge is 0.334 e. The number of ether oxygens (including phenoxy) is 2. The van der Waals surface area contributed by atoms with Crippen LogP contribution in [0.4, 0.5) is 0 Å². The molecule has 336 valence electrons. The monoisotopic (exact) mass is 860 g/mol. The average molecular weight is 862 g/mol. The van der Waals surface area contributed by atoms with Crippen molar-refractivity contribution in [1.82, 2.24) is 25.8 Å². The minimum Gasteiger partial charge on any atom is -0.460 e. The summed E-state index contributed by atoms with van der Waals surface area (Å²) in [6, 6.07) is 1.75. The predicted molar refractivity (Wildman–Crippen MR) is 230 cm³/mol. The van der Waals surface area contributed by atoms with Gasteiger partial charge in [0.2, 0.25) is 23.6 Å². The molecule has 0 saturated heterocycles. The molecule has 2 unspecified atom stereocenters. The van der Waals surface area contributed by atoms with E-state index in [1.165, 1.54) is 32.8 Å². The lowest BCUT2D eigenvalue weighted by Crippen LogP contribution is -2.57. The number of nitrogens with one attached hydrogen (secondary N) is 3. The predicted octanol–water partition coefficient (Wildman–Crippen LogP) is 3.94. The van der Waals surface area contributed by atoms with Gasteiger partial charge in [0.25, 0.3) is 5.91 Å². The maximum atomic E-state index is 14.2. The molecule has 0 bridgehead atoms. The van der Waals surface area contributed by atoms with Crippen molar-refractivity contribution in [2.45, 2.75) is 144 Å². The molecule has 2 rings (SSSR count). The summed E-state index contributed by atoms with van der Waals surface area (Å²) in [5.41, 5.74) is 7.52. The van der Waals surface area contributed by atoms with Crippen molar-refractivity contribution in [2.75, 3.05) is 20.6 Å². The van der Waals surface area contributed by atoms with Crippen LogP contribution in [0, 0.1) is 23.7 Å². The quantitative estimate of drug-likeness (QED) is 0.277. The fourth-order valence-electron chi connectivity index (χ4n) is 6.82. The van der Waals surface area contributed by atoms with E-state index in [2.05, 4.69) is 16.0 Å². The molecule has 1 aliphatic heterocycles. The number of rotatable bonds is 8. The second kappa shape index (κ2) is 24.1. The molecule has 1 aliphatic rings. The molecule has 60 heavy (non-hydrogen) atoms. The summed E-state index contributed by atoms with van der Waals surface area (Å²) in [6.45, 7) is 17.2. The lowest BCUT2D eigenvalue weighted by atomic mass is 9.85. The molecular weight excluding hydrogens is 792 g/mol. The number of nitrogens with two attached hydrogens (primary N) is 1. The molecule has 0 aromatic heterocycles. The number of esters is 2. The number of hydrogen-bond donors (Lipinski definition) is 4. The lowest BCUT2D eigenvalue weighted by Gasteiger charge is -2.34. The van der Waals surface area contributed by atoms with Crippen LogP contribution in [-0.2, 0) is 49.5 Å². The first-order valence-electron chi connectivity index (χ1n) is 21.0. The van der Waals surface area contributed by atoms with Crippen LogP contribution >= 0.6 is 11.6 Å². The van der Waals surface area contributed by atoms with Gasteiger partial charge in [0, 0.05) is 43.1 Å². The van der Waals surface area contributed by atoms with Gasteiger partial charge in [0.05, 0.1) is 6.54 Å². The van der Waals surface area contributed by atoms with Crippen LogP contribution in [0.5, 0.6) is 0 Å². The van der Waals surface area contributed by atoms with Gasteiger partial charge in [-0.25, -0.2) is 9.59 Å². The number of carbonyl (C=O) groups is 7. The van der Waals surface area contributed by atoms with Crippen LogP contribution in [0.15, 0.2) is 35.9 Å². The Kier molecular flexibility index (Phi) is 20.7. The number of nitrogens with zero attached hydrogens (tertiary/aromatic N) is 2. The van der Waals surface area contributed by atoms with Crippen molar-refractivity contribution in [3.05, 3.63) is 46.5 Å². The molecule has 0 saturated carbocycles. The number of amides is 5. The van der Waals surface area contributed by atoms with Gasteiger partial charge in [0.15, 0.2) is 6.10 Å². The summed E-state index contributed by atoms with van der Waals surface area (Å²) in [4.78, 5) is 98.3. The molecule has 5 N–H and O–H groups in total. The van der Waals surface area contributed by atoms with E-state index >= 15 is 0 Å². The molecule has 1 aromatic rings. The number of likely N-dealkylation sites (N-methyl/N-ethyl adjacent to an activating group) is 2. The molecule has 1 heterocycles. The van der Waals surface area contributed by atoms with Gasteiger partial charge in [0.1, 0.15) is 30.3 Å². The first kappa shape index (κ1) is 51.6. The Bertz CT molecular complexity index is 1690. The van der Waals surface area contributed by atoms with Crippen molar-refractivity contribution in [3.8, 4) is 0 Å². The van der Waals surface area contributed by atoms with Crippen molar-refractivity contribution in [1.29, 1.82) is 0 Å². The van der Waals surface area contributed by atoms with Gasteiger partial charge in [-0.2, -0.15) is 0 Å². The highest BCUT2D eigenvalue weighted by atomic mass is 35.5. The Labute approximate surface area is 361 Å². The molecule has 15 nitrogen and oxygen atoms in total. The normalized spacial score (nSPS) is 28.8. The SMILES string of the molecule is CCC(C)C1NC(=O)CN(C)C(=O)[C@@H](Cc2ccc(Cl)cc2)N(C)C(=O)[C@H](C)NC(=O)[C@@H](CC(C)C)OC(=O)/C(C)=C/C[C@H](N)[C@H](C)[C@@H]([C@@H](C)CC)OC(=O)[C@@H](C)NC1=O. The topological polar surface area (TPSA) is 207 Å². The highest BCUT2D eigenvalue weighted by Gasteiger charge is 2.37. The van der Waals surface area contributed by atoms with Crippen LogP contribution in [0.25, 0.3) is 0 Å². The molecule has 0 radical (unpaired) electrons. The maximum Gasteiger partial charge on any atom is 0.334 e. The van der Waals surface area contributed by atoms with Crippen LogP contribution in [-0.4, -0.2) is 114 Å². The average Bonchev–Trinajstić information content (AvgIpc) is 3.20. The number of benzene rings is 1. The Morgan fingerprint density at radius 1 is 0.817 bits per heavy atom. The van der Waals surface area contributed by atoms with Crippen LogP contribution in [0.1, 0.15) is 100 Å². The second-order valence-corrected chi connectivity index (χ2v) is 17.3. The summed E-state index contributed by atoms with van der Waals surface area (Å²) in [5, 5.41) is 8.59. The first-order valence-corrected chi connectivity index (χ1v) is 21.4. The van der Waals surface area contributed by atoms with E-state index in [0.29, 0.717) is 23.4 Å². The van der Waals surface area contributed by atoms with Gasteiger partial charge < -0.3 is 41.0 Å². The number of carbonyl (C=O) groups excluding carboxylic acids is 7. The fraction of sp³-hybridized carbons (Fsp3) is 0.659. The summed E-state index contributed by atoms with van der Waals surface area (Å²) in [6.07, 6.45) is 1.34. The Hall–Kier alpha value is -4.50. The van der Waals surface area contributed by atoms with E-state index in [1.807, 2.05) is 41.5 Å². The molecule has 1 aromatic carbocycles. The van der Waals surface area contributed by atoms with Gasteiger partial charge in [-0.05, 0) is 69.1 Å². The van der Waals surface area contributed by atoms with E-state index < -0.39 is 90.4 Å². The number of hydrogen-bond acceptors (Lipinski definition) is 10. The van der Waals surface area contributed by atoms with Gasteiger partial charge >= 0.3 is 11.9 Å². The Morgan fingerprint density at radius 2 is 1.40 bits per heavy atom. The van der Waals surface area contributed by atoms with E-state index in [1.54, 1.807) is 44.2 Å². The van der Waals surface area contributed by atoms with Crippen LogP contribution in [0.3, 0.4) is 0 Å². The second-order valence-electron chi connectivity index (χ2n) is 16.8. The molecule has 5 amide bonds. The van der Waals surface area contributed by atoms with Crippen LogP contribution < -0.4 is 21.7 Å². The third-order valence-electron chi connectivity index (χ3n) is 11.3. The molecular formula is C44H69ClN6O9. The summed E-state index contributed by atoms with van der Waals surface area (Å²) < 4.78 is 11.7. The highest BCUT2D eigenvalue weighted by molar-refractivity contribution is 6.30. The Morgan fingerprint density at radius 3 is 1.97 bits per heavy atom. The van der Waals surface area contributed by atoms with Crippen molar-refractivity contribution in [2.24, 2.45) is 29.4 Å². The molecule has 0 aliphatic carbocycles. The van der Waals surface area contributed by atoms with Gasteiger partial charge in [-0.3, -0.25) is 24.0 Å². The minimum absolute atomic E-state index is 0.0380. The molecule has 0 spiro atoms. The standard InChI is InChI=1S/C44H69ClN6O9/c1-13-25(5)37-40(54)48-30(10)44(58)60-38(26(6)14-2)28(8)33(46)20-15-27(7)43(57)59-35(21-24(3)4)39(53)47-29(9)41(55)51(12)34(22-31-16-18-32(45)19-17-31)42(56)50(11)23-36(52)49-37/h15-19,24-26,28-30,33-35,37-38H,13-14,20-23,46H2,1-12H3,(H,47,53)(H,48,54)(H,49,52)/b27-15+/t25?,26-,28-,29-,30+,33-,34+,35+,37?,38+/m0/s1. The van der Waals surface area contributed by atoms with E-state index in [9.17, 15) is 33.6 Å². The van der Waals surface area contributed by atoms with E-state index in [4.69, 9.17) is 26.8 Å². The zero-order valence-corrected chi connectivity index (χ0v) is 38.3. The van der Waals surface area contributed by atoms with E-state index in [-0.39, 0.29) is 48.5 Å². The van der Waals surface area contributed by atoms with Crippen molar-refractivity contribution >= 4 is 53.1 Å². The third kappa shape index (κ3) is 15.2. The summed E-state index contributed by atoms with van der Waals surface area (Å²) in [7, 11) is 2.84. The number of cyclic esters (lactones) is 2. The minimum atomic E-state index is -1.24. The zero-order chi connectivity index (χ0) is 45.6. The Balaban J connectivity index is 2.62. The molecule has 16 heteroatoms. The van der Waals surface area contributed by atoms with Crippen molar-refractivity contribution in [3.63, 3.8) is 0 Å². The lowest BCUT2D eigenvalue weighted by molar-refractivity contribution is -0.158. The maximum absolute atomic E-state index is 14.2. The highest BCUT2D eigenvalue weighted by Crippen LogP contribution is 2.25. The first-order chi connectivity index (χ1) is 28.0. The van der Waals surface area contributed by atoms with Crippen molar-refractivity contribution < 1.29 is 43.0 Å². The van der Waals surface area contributed by atoms with E-state index in [0.717, 1.165) is 4.90 Å².